The van der Waals surface area contributed by atoms with E-state index >= 15 is 0 Å². The van der Waals surface area contributed by atoms with Crippen LogP contribution in [0.15, 0.2) is 12.7 Å². The Morgan fingerprint density at radius 1 is 1.41 bits per heavy atom. The Balaban J connectivity index is 1.70. The van der Waals surface area contributed by atoms with Crippen LogP contribution in [0.3, 0.4) is 0 Å². The van der Waals surface area contributed by atoms with Crippen LogP contribution in [0.25, 0.3) is 11.2 Å². The Morgan fingerprint density at radius 3 is 3.05 bits per heavy atom. The number of hydrogen-bond donors (Lipinski definition) is 3. The van der Waals surface area contributed by atoms with Crippen LogP contribution >= 0.6 is 7.82 Å². The third-order valence-corrected chi connectivity index (χ3v) is 4.81. The van der Waals surface area contributed by atoms with E-state index in [1.165, 1.54) is 12.7 Å². The van der Waals surface area contributed by atoms with Crippen LogP contribution in [0.1, 0.15) is 6.23 Å². The molecule has 10 nitrogen and oxygen atoms in total. The van der Waals surface area contributed by atoms with Crippen molar-refractivity contribution in [3.63, 3.8) is 0 Å². The maximum atomic E-state index is 9.74. The molecule has 2 aromatic rings. The van der Waals surface area contributed by atoms with E-state index in [0.717, 1.165) is 0 Å². The van der Waals surface area contributed by atoms with E-state index < -0.39 is 32.3 Å². The first-order valence-corrected chi connectivity index (χ1v) is 8.18. The summed E-state index contributed by atoms with van der Waals surface area (Å²) < 4.78 is 17.9. The van der Waals surface area contributed by atoms with Gasteiger partial charge in [-0.2, -0.15) is 9.05 Å². The summed E-state index contributed by atoms with van der Waals surface area (Å²) in [6, 6.07) is -0.572. The number of ether oxygens (including phenoxy) is 1. The molecule has 2 fully saturated rings. The van der Waals surface area contributed by atoms with E-state index in [0.29, 0.717) is 11.2 Å². The van der Waals surface area contributed by atoms with Crippen LogP contribution in [0.5, 0.6) is 0 Å². The summed E-state index contributed by atoms with van der Waals surface area (Å²) in [5.41, 5.74) is 12.9. The molecule has 0 aromatic carbocycles. The number of nitrogens with zero attached hydrogens (tertiary/aromatic N) is 4. The van der Waals surface area contributed by atoms with Gasteiger partial charge in [0.15, 0.2) is 23.8 Å². The van der Waals surface area contributed by atoms with Crippen LogP contribution in [0.2, 0.25) is 0 Å². The van der Waals surface area contributed by atoms with E-state index in [4.69, 9.17) is 32.8 Å². The summed E-state index contributed by atoms with van der Waals surface area (Å²) >= 11 is 0. The Hall–Kier alpha value is -1.36. The molecule has 4 rings (SSSR count). The minimum Gasteiger partial charge on any atom is -0.382 e. The number of rotatable bonds is 1. The molecule has 4 heterocycles. The smallest absolute Gasteiger partial charge is 0.382 e. The zero-order chi connectivity index (χ0) is 15.5. The third kappa shape index (κ3) is 2.09. The summed E-state index contributed by atoms with van der Waals surface area (Å²) in [6.45, 7) is 0.111. The highest BCUT2D eigenvalue weighted by Crippen LogP contribution is 2.58. The zero-order valence-corrected chi connectivity index (χ0v) is 12.2. The number of anilines is 1. The average molecular weight is 323 g/mol. The van der Waals surface area contributed by atoms with Gasteiger partial charge in [-0.15, -0.1) is 0 Å². The lowest BCUT2D eigenvalue weighted by atomic mass is 10.1. The maximum Gasteiger partial charge on any atom is 0.488 e. The molecule has 2 saturated heterocycles. The van der Waals surface area contributed by atoms with Crippen LogP contribution in [-0.2, 0) is 13.8 Å². The fourth-order valence-electron chi connectivity index (χ4n) is 2.72. The van der Waals surface area contributed by atoms with Crippen molar-refractivity contribution < 1.29 is 18.7 Å². The first-order valence-electron chi connectivity index (χ1n) is 6.53. The third-order valence-electron chi connectivity index (χ3n) is 3.75. The maximum absolute atomic E-state index is 9.74. The fourth-order valence-corrected chi connectivity index (χ4v) is 3.77. The Kier molecular flexibility index (Phi) is 3.12. The number of imidazole rings is 1. The van der Waals surface area contributed by atoms with Gasteiger partial charge in [0.2, 0.25) is 0 Å². The molecule has 2 aliphatic heterocycles. The average Bonchev–Trinajstić information content (AvgIpc) is 3.01. The van der Waals surface area contributed by atoms with Crippen molar-refractivity contribution in [3.8, 4) is 0 Å². The van der Waals surface area contributed by atoms with E-state index in [9.17, 15) is 4.89 Å². The van der Waals surface area contributed by atoms with Crippen molar-refractivity contribution >= 4 is 32.4 Å². The number of hydrogen-bond acceptors (Lipinski definition) is 9. The Morgan fingerprint density at radius 2 is 2.23 bits per heavy atom. The normalized spacial score (nSPS) is 38.3. The van der Waals surface area contributed by atoms with Crippen molar-refractivity contribution in [2.24, 2.45) is 5.73 Å². The molecule has 2 radical (unpaired) electrons. The molecule has 0 spiro atoms. The van der Waals surface area contributed by atoms with Gasteiger partial charge >= 0.3 is 15.4 Å². The molecule has 0 bridgehead atoms. The van der Waals surface area contributed by atoms with Crippen molar-refractivity contribution in [3.05, 3.63) is 12.7 Å². The van der Waals surface area contributed by atoms with Gasteiger partial charge < -0.3 is 16.2 Å². The van der Waals surface area contributed by atoms with Gasteiger partial charge in [-0.05, 0) is 0 Å². The molecule has 5 N–H and O–H groups in total. The molecule has 0 aliphatic carbocycles. The van der Waals surface area contributed by atoms with Crippen LogP contribution in [0, 0.1) is 0 Å². The van der Waals surface area contributed by atoms with Crippen LogP contribution in [0.4, 0.5) is 5.82 Å². The standard InChI is InChI=1S/C10H13BN6O4P/c11-22(18)19-1-4-7(21-22)5(12)10(20-4)17-3-16-6-8(13)14-2-15-9(6)17/h2-5,7,10,18H,1,12H2,(H2,13,14,15)/q+1/t4-,5?,7-,10-,22?/m1/s1. The molecule has 0 saturated carbocycles. The van der Waals surface area contributed by atoms with E-state index in [1.54, 1.807) is 4.57 Å². The monoisotopic (exact) mass is 323 g/mol. The quantitative estimate of drug-likeness (QED) is 0.439. The van der Waals surface area contributed by atoms with E-state index in [2.05, 4.69) is 15.0 Å². The zero-order valence-electron chi connectivity index (χ0n) is 11.3. The highest BCUT2D eigenvalue weighted by Gasteiger charge is 2.56. The van der Waals surface area contributed by atoms with Gasteiger partial charge in [0, 0.05) is 0 Å². The minimum atomic E-state index is -3.33. The van der Waals surface area contributed by atoms with Crippen molar-refractivity contribution in [2.45, 2.75) is 24.5 Å². The second-order valence-electron chi connectivity index (χ2n) is 5.16. The highest BCUT2D eigenvalue weighted by molar-refractivity contribution is 7.85. The lowest BCUT2D eigenvalue weighted by Gasteiger charge is -2.28. The van der Waals surface area contributed by atoms with Gasteiger partial charge in [-0.3, -0.25) is 4.57 Å². The van der Waals surface area contributed by atoms with E-state index in [-0.39, 0.29) is 12.4 Å². The summed E-state index contributed by atoms with van der Waals surface area (Å²) in [7, 11) is 2.19. The lowest BCUT2D eigenvalue weighted by Crippen LogP contribution is -2.44. The fraction of sp³-hybridized carbons (Fsp3) is 0.500. The molecular weight excluding hydrogens is 310 g/mol. The minimum absolute atomic E-state index is 0.111. The van der Waals surface area contributed by atoms with Gasteiger partial charge in [0.1, 0.15) is 24.6 Å². The molecule has 2 aliphatic rings. The number of nitrogens with two attached hydrogens (primary N) is 2. The van der Waals surface area contributed by atoms with Crippen molar-refractivity contribution in [1.29, 1.82) is 0 Å². The van der Waals surface area contributed by atoms with Gasteiger partial charge in [0.05, 0.1) is 12.4 Å². The molecule has 0 amide bonds. The molecule has 12 heteroatoms. The molecule has 114 valence electrons. The lowest BCUT2D eigenvalue weighted by molar-refractivity contribution is -0.0591. The Labute approximate surface area is 126 Å². The van der Waals surface area contributed by atoms with Gasteiger partial charge in [-0.1, -0.05) is 0 Å². The van der Waals surface area contributed by atoms with Crippen LogP contribution < -0.4 is 11.5 Å². The number of nitrogen functional groups attached to an aromatic ring is 1. The molecule has 22 heavy (non-hydrogen) atoms. The second kappa shape index (κ2) is 4.82. The van der Waals surface area contributed by atoms with Gasteiger partial charge in [-0.25, -0.2) is 19.8 Å². The van der Waals surface area contributed by atoms with Crippen molar-refractivity contribution in [1.82, 2.24) is 19.5 Å². The number of fused-ring (bicyclic) bond motifs is 2. The summed E-state index contributed by atoms with van der Waals surface area (Å²) in [5, 5.41) is 0. The summed E-state index contributed by atoms with van der Waals surface area (Å²) in [6.07, 6.45) is 1.28. The highest BCUT2D eigenvalue weighted by atomic mass is 31.2. The van der Waals surface area contributed by atoms with Crippen LogP contribution in [-0.4, -0.2) is 56.8 Å². The Bertz CT molecular complexity index is 729. The summed E-state index contributed by atoms with van der Waals surface area (Å²) in [4.78, 5) is 22.0. The topological polar surface area (TPSA) is 144 Å². The predicted octanol–water partition coefficient (Wildman–Crippen LogP) is -1.11. The number of aromatic nitrogens is 4. The van der Waals surface area contributed by atoms with Crippen molar-refractivity contribution in [2.75, 3.05) is 12.3 Å². The van der Waals surface area contributed by atoms with Gasteiger partial charge in [0.25, 0.3) is 0 Å². The second-order valence-corrected chi connectivity index (χ2v) is 6.75. The molecule has 2 unspecified atom stereocenters. The largest absolute Gasteiger partial charge is 0.488 e. The predicted molar refractivity (Wildman–Crippen MR) is 77.3 cm³/mol. The van der Waals surface area contributed by atoms with E-state index in [1.807, 2.05) is 0 Å². The first-order chi connectivity index (χ1) is 10.5. The first kappa shape index (κ1) is 14.3. The SMILES string of the molecule is [B][P+]1(O)OC[C@H]2O[C@@H](n3cnc4c(N)ncnc43)C(N)[C@@H]2O1. The summed E-state index contributed by atoms with van der Waals surface area (Å²) in [5.74, 6) is 0.273. The molecule has 2 aromatic heterocycles. The molecular formula is C10H13BN6O4P+. The molecule has 5 atom stereocenters.